The summed E-state index contributed by atoms with van der Waals surface area (Å²) in [4.78, 5) is 0. The molecular weight excluding hydrogens is 260 g/mol. The van der Waals surface area contributed by atoms with Gasteiger partial charge in [-0.2, -0.15) is 0 Å². The first-order valence-electron chi connectivity index (χ1n) is 6.72. The second kappa shape index (κ2) is 4.13. The van der Waals surface area contributed by atoms with Gasteiger partial charge in [-0.15, -0.1) is 0 Å². The van der Waals surface area contributed by atoms with Gasteiger partial charge < -0.3 is 5.32 Å². The Kier molecular flexibility index (Phi) is 2.94. The molecule has 0 radical (unpaired) electrons. The lowest BCUT2D eigenvalue weighted by molar-refractivity contribution is -0.115. The van der Waals surface area contributed by atoms with Crippen LogP contribution in [0.5, 0.6) is 0 Å². The van der Waals surface area contributed by atoms with Crippen molar-refractivity contribution < 1.29 is 17.2 Å². The topological polar surface area (TPSA) is 46.2 Å². The molecule has 3 aliphatic heterocycles. The molecule has 0 saturated carbocycles. The summed E-state index contributed by atoms with van der Waals surface area (Å²) in [6, 6.07) is -0.251. The number of fused-ring (bicyclic) bond motifs is 2. The van der Waals surface area contributed by atoms with Gasteiger partial charge in [0.15, 0.2) is 9.84 Å². The first-order chi connectivity index (χ1) is 8.37. The van der Waals surface area contributed by atoms with Crippen molar-refractivity contribution in [3.05, 3.63) is 0 Å². The van der Waals surface area contributed by atoms with Crippen LogP contribution in [0.2, 0.25) is 0 Å². The minimum absolute atomic E-state index is 0.0455. The predicted molar refractivity (Wildman–Crippen MR) is 64.4 cm³/mol. The van der Waals surface area contributed by atoms with Gasteiger partial charge in [-0.25, -0.2) is 17.2 Å². The number of hydrogen-bond donors (Lipinski definition) is 1. The molecule has 3 saturated heterocycles. The number of rotatable bonds is 1. The highest BCUT2D eigenvalue weighted by atomic mass is 32.2. The maximum absolute atomic E-state index is 14.2. The minimum atomic E-state index is -3.11. The lowest BCUT2D eigenvalue weighted by Crippen LogP contribution is -2.56. The molecule has 104 valence electrons. The highest BCUT2D eigenvalue weighted by Gasteiger charge is 2.56. The number of hydrogen-bond acceptors (Lipinski definition) is 3. The van der Waals surface area contributed by atoms with Crippen LogP contribution >= 0.6 is 0 Å². The molecule has 4 unspecified atom stereocenters. The van der Waals surface area contributed by atoms with E-state index >= 15 is 0 Å². The maximum atomic E-state index is 14.2. The van der Waals surface area contributed by atoms with Gasteiger partial charge in [-0.1, -0.05) is 0 Å². The quantitative estimate of drug-likeness (QED) is 0.793. The first-order valence-corrected chi connectivity index (χ1v) is 8.54. The highest BCUT2D eigenvalue weighted by Crippen LogP contribution is 2.47. The van der Waals surface area contributed by atoms with Gasteiger partial charge in [0.05, 0.1) is 11.5 Å². The van der Waals surface area contributed by atoms with E-state index in [0.717, 1.165) is 12.8 Å². The summed E-state index contributed by atoms with van der Waals surface area (Å²) < 4.78 is 51.7. The van der Waals surface area contributed by atoms with Crippen LogP contribution in [0, 0.1) is 11.8 Å². The molecule has 1 N–H and O–H groups in total. The SMILES string of the molecule is O=S1(=O)CCCC(C2C3CCC(CC2(F)F)N3)C1. The second-order valence-corrected chi connectivity index (χ2v) is 8.28. The van der Waals surface area contributed by atoms with E-state index in [2.05, 4.69) is 5.32 Å². The fraction of sp³-hybridized carbons (Fsp3) is 1.00. The Morgan fingerprint density at radius 3 is 2.67 bits per heavy atom. The van der Waals surface area contributed by atoms with Crippen LogP contribution in [0.25, 0.3) is 0 Å². The normalized spacial score (nSPS) is 45.9. The molecule has 3 fully saturated rings. The van der Waals surface area contributed by atoms with Gasteiger partial charge in [0.2, 0.25) is 0 Å². The van der Waals surface area contributed by atoms with Gasteiger partial charge >= 0.3 is 0 Å². The zero-order chi connectivity index (χ0) is 13.0. The molecule has 0 aromatic rings. The molecule has 0 aromatic heterocycles. The zero-order valence-electron chi connectivity index (χ0n) is 10.2. The average Bonchev–Trinajstić information content (AvgIpc) is 2.58. The van der Waals surface area contributed by atoms with Gasteiger partial charge in [-0.3, -0.25) is 0 Å². The van der Waals surface area contributed by atoms with Crippen molar-refractivity contribution in [3.63, 3.8) is 0 Å². The summed E-state index contributed by atoms with van der Waals surface area (Å²) in [7, 11) is -3.11. The van der Waals surface area contributed by atoms with E-state index in [1.807, 2.05) is 0 Å². The van der Waals surface area contributed by atoms with Crippen molar-refractivity contribution >= 4 is 9.84 Å². The Balaban J connectivity index is 1.85. The average molecular weight is 279 g/mol. The third kappa shape index (κ3) is 2.18. The van der Waals surface area contributed by atoms with E-state index in [9.17, 15) is 17.2 Å². The standard InChI is InChI=1S/C12H19F2NO2S/c13-12(14)6-9-3-4-10(15-9)11(12)8-2-1-5-18(16,17)7-8/h8-11,15H,1-7H2. The van der Waals surface area contributed by atoms with Crippen molar-refractivity contribution in [2.75, 3.05) is 11.5 Å². The van der Waals surface area contributed by atoms with Crippen molar-refractivity contribution in [3.8, 4) is 0 Å². The predicted octanol–water partition coefficient (Wildman–Crippen LogP) is 1.59. The van der Waals surface area contributed by atoms with Crippen LogP contribution in [0.4, 0.5) is 8.78 Å². The van der Waals surface area contributed by atoms with E-state index < -0.39 is 21.7 Å². The summed E-state index contributed by atoms with van der Waals surface area (Å²) in [5.41, 5.74) is 0. The summed E-state index contributed by atoms with van der Waals surface area (Å²) in [6.07, 6.45) is 2.61. The lowest BCUT2D eigenvalue weighted by atomic mass is 9.77. The monoisotopic (exact) mass is 279 g/mol. The van der Waals surface area contributed by atoms with Crippen LogP contribution in [-0.2, 0) is 9.84 Å². The number of halogens is 2. The molecule has 0 amide bonds. The van der Waals surface area contributed by atoms with Crippen LogP contribution in [0.3, 0.4) is 0 Å². The van der Waals surface area contributed by atoms with E-state index in [1.165, 1.54) is 0 Å². The van der Waals surface area contributed by atoms with Crippen molar-refractivity contribution in [1.82, 2.24) is 5.32 Å². The summed E-state index contributed by atoms with van der Waals surface area (Å²) in [5, 5.41) is 3.25. The third-order valence-corrected chi connectivity index (χ3v) is 6.57. The number of alkyl halides is 2. The lowest BCUT2D eigenvalue weighted by Gasteiger charge is -2.42. The van der Waals surface area contributed by atoms with Crippen molar-refractivity contribution in [2.24, 2.45) is 11.8 Å². The molecule has 18 heavy (non-hydrogen) atoms. The number of sulfone groups is 1. The van der Waals surface area contributed by atoms with Crippen LogP contribution in [-0.4, -0.2) is 37.9 Å². The molecule has 0 aromatic carbocycles. The molecule has 4 atom stereocenters. The molecule has 3 nitrogen and oxygen atoms in total. The molecule has 3 aliphatic rings. The van der Waals surface area contributed by atoms with Crippen LogP contribution in [0.15, 0.2) is 0 Å². The van der Waals surface area contributed by atoms with Crippen molar-refractivity contribution in [1.29, 1.82) is 0 Å². The summed E-state index contributed by atoms with van der Waals surface area (Å²) in [6.45, 7) is 0. The Labute approximate surface area is 106 Å². The molecule has 2 bridgehead atoms. The first kappa shape index (κ1) is 12.8. The molecule has 3 heterocycles. The van der Waals surface area contributed by atoms with E-state index in [1.54, 1.807) is 0 Å². The fourth-order valence-corrected chi connectivity index (χ4v) is 5.87. The van der Waals surface area contributed by atoms with E-state index in [-0.39, 0.29) is 35.9 Å². The number of piperidine rings is 1. The van der Waals surface area contributed by atoms with Crippen molar-refractivity contribution in [2.45, 2.75) is 50.1 Å². The van der Waals surface area contributed by atoms with Gasteiger partial charge in [0, 0.05) is 24.4 Å². The van der Waals surface area contributed by atoms with E-state index in [4.69, 9.17) is 0 Å². The fourth-order valence-electron chi connectivity index (χ4n) is 4.07. The molecular formula is C12H19F2NO2S. The minimum Gasteiger partial charge on any atom is -0.310 e. The van der Waals surface area contributed by atoms with Gasteiger partial charge in [0.1, 0.15) is 0 Å². The third-order valence-electron chi connectivity index (χ3n) is 4.72. The van der Waals surface area contributed by atoms with Crippen LogP contribution < -0.4 is 5.32 Å². The Hall–Kier alpha value is -0.230. The smallest absolute Gasteiger partial charge is 0.254 e. The maximum Gasteiger partial charge on any atom is 0.254 e. The summed E-state index contributed by atoms with van der Waals surface area (Å²) in [5.74, 6) is -3.73. The summed E-state index contributed by atoms with van der Waals surface area (Å²) >= 11 is 0. The largest absolute Gasteiger partial charge is 0.310 e. The van der Waals surface area contributed by atoms with Crippen LogP contribution in [0.1, 0.15) is 32.1 Å². The van der Waals surface area contributed by atoms with E-state index in [0.29, 0.717) is 12.8 Å². The Bertz CT molecular complexity index is 437. The Morgan fingerprint density at radius 2 is 1.94 bits per heavy atom. The van der Waals surface area contributed by atoms with Gasteiger partial charge in [0.25, 0.3) is 5.92 Å². The zero-order valence-corrected chi connectivity index (χ0v) is 11.1. The number of nitrogens with one attached hydrogen (secondary N) is 1. The molecule has 6 heteroatoms. The molecule has 3 rings (SSSR count). The Morgan fingerprint density at radius 1 is 1.17 bits per heavy atom. The van der Waals surface area contributed by atoms with Gasteiger partial charge in [-0.05, 0) is 31.6 Å². The molecule has 0 spiro atoms. The highest BCUT2D eigenvalue weighted by molar-refractivity contribution is 7.91. The second-order valence-electron chi connectivity index (χ2n) is 6.06. The molecule has 0 aliphatic carbocycles.